The zero-order valence-electron chi connectivity index (χ0n) is 12.3. The van der Waals surface area contributed by atoms with Crippen LogP contribution in [0.3, 0.4) is 0 Å². The summed E-state index contributed by atoms with van der Waals surface area (Å²) < 4.78 is 10.9. The van der Waals surface area contributed by atoms with Gasteiger partial charge < -0.3 is 19.7 Å². The van der Waals surface area contributed by atoms with Gasteiger partial charge in [0.05, 0.1) is 6.04 Å². The average molecular weight is 304 g/mol. The maximum Gasteiger partial charge on any atom is 0.231 e. The molecule has 0 aliphatic carbocycles. The third kappa shape index (κ3) is 3.20. The monoisotopic (exact) mass is 304 g/mol. The number of fused-ring (bicyclic) bond motifs is 1. The van der Waals surface area contributed by atoms with Gasteiger partial charge in [0.1, 0.15) is 0 Å². The van der Waals surface area contributed by atoms with Crippen molar-refractivity contribution in [1.82, 2.24) is 10.2 Å². The van der Waals surface area contributed by atoms with Gasteiger partial charge in [-0.1, -0.05) is 18.2 Å². The number of nitrogens with zero attached hydrogens (tertiary/aromatic N) is 1. The lowest BCUT2D eigenvalue weighted by atomic mass is 10.1. The van der Waals surface area contributed by atoms with Crippen LogP contribution in [-0.4, -0.2) is 32.3 Å². The molecule has 1 aliphatic heterocycles. The van der Waals surface area contributed by atoms with Gasteiger partial charge in [0, 0.05) is 23.5 Å². The molecule has 2 aromatic rings. The van der Waals surface area contributed by atoms with Crippen molar-refractivity contribution in [2.24, 2.45) is 0 Å². The van der Waals surface area contributed by atoms with Crippen LogP contribution in [0.15, 0.2) is 35.7 Å². The largest absolute Gasteiger partial charge is 0.454 e. The van der Waals surface area contributed by atoms with Crippen molar-refractivity contribution in [3.63, 3.8) is 0 Å². The van der Waals surface area contributed by atoms with E-state index in [-0.39, 0.29) is 0 Å². The molecule has 1 aromatic carbocycles. The second-order valence-electron chi connectivity index (χ2n) is 5.28. The molecule has 2 heterocycles. The van der Waals surface area contributed by atoms with Crippen molar-refractivity contribution in [2.75, 3.05) is 27.4 Å². The van der Waals surface area contributed by atoms with Crippen LogP contribution in [0.2, 0.25) is 0 Å². The lowest BCUT2D eigenvalue weighted by Gasteiger charge is -2.23. The van der Waals surface area contributed by atoms with Gasteiger partial charge in [-0.15, -0.1) is 11.3 Å². The first-order chi connectivity index (χ1) is 10.3. The summed E-state index contributed by atoms with van der Waals surface area (Å²) in [4.78, 5) is 3.62. The third-order valence-electron chi connectivity index (χ3n) is 3.63. The van der Waals surface area contributed by atoms with Crippen LogP contribution in [0.25, 0.3) is 0 Å². The highest BCUT2D eigenvalue weighted by atomic mass is 32.1. The highest BCUT2D eigenvalue weighted by molar-refractivity contribution is 7.10. The van der Waals surface area contributed by atoms with Crippen molar-refractivity contribution < 1.29 is 9.47 Å². The summed E-state index contributed by atoms with van der Waals surface area (Å²) in [7, 11) is 4.23. The topological polar surface area (TPSA) is 33.7 Å². The van der Waals surface area contributed by atoms with Crippen LogP contribution in [-0.2, 0) is 6.54 Å². The van der Waals surface area contributed by atoms with Crippen LogP contribution in [0.4, 0.5) is 0 Å². The summed E-state index contributed by atoms with van der Waals surface area (Å²) in [6.45, 7) is 2.00. The summed E-state index contributed by atoms with van der Waals surface area (Å²) in [6, 6.07) is 10.7. The van der Waals surface area contributed by atoms with Gasteiger partial charge in [-0.3, -0.25) is 0 Å². The summed E-state index contributed by atoms with van der Waals surface area (Å²) in [5.41, 5.74) is 1.15. The average Bonchev–Trinajstić information content (AvgIpc) is 3.14. The molecule has 0 bridgehead atoms. The third-order valence-corrected chi connectivity index (χ3v) is 4.60. The van der Waals surface area contributed by atoms with E-state index in [1.807, 2.05) is 12.1 Å². The number of para-hydroxylation sites is 1. The van der Waals surface area contributed by atoms with Crippen LogP contribution in [0, 0.1) is 0 Å². The number of likely N-dealkylation sites (N-methyl/N-ethyl adjacent to an activating group) is 1. The molecule has 0 amide bonds. The fourth-order valence-corrected chi connectivity index (χ4v) is 3.41. The second kappa shape index (κ2) is 6.47. The number of hydrogen-bond donors (Lipinski definition) is 1. The van der Waals surface area contributed by atoms with Crippen molar-refractivity contribution in [2.45, 2.75) is 12.6 Å². The van der Waals surface area contributed by atoms with Crippen LogP contribution in [0.5, 0.6) is 11.5 Å². The van der Waals surface area contributed by atoms with Gasteiger partial charge in [-0.2, -0.15) is 0 Å². The molecular formula is C16H20N2O2S. The van der Waals surface area contributed by atoms with E-state index in [1.165, 1.54) is 4.88 Å². The molecule has 1 unspecified atom stereocenters. The smallest absolute Gasteiger partial charge is 0.231 e. The van der Waals surface area contributed by atoms with Gasteiger partial charge in [0.2, 0.25) is 6.79 Å². The molecule has 1 atom stereocenters. The summed E-state index contributed by atoms with van der Waals surface area (Å²) in [5.74, 6) is 1.72. The highest BCUT2D eigenvalue weighted by Gasteiger charge is 2.18. The Morgan fingerprint density at radius 2 is 2.14 bits per heavy atom. The number of nitrogens with one attached hydrogen (secondary N) is 1. The molecule has 21 heavy (non-hydrogen) atoms. The lowest BCUT2D eigenvalue weighted by Crippen LogP contribution is -2.30. The molecule has 1 N–H and O–H groups in total. The van der Waals surface area contributed by atoms with Crippen molar-refractivity contribution in [1.29, 1.82) is 0 Å². The van der Waals surface area contributed by atoms with E-state index < -0.39 is 0 Å². The minimum Gasteiger partial charge on any atom is -0.454 e. The second-order valence-corrected chi connectivity index (χ2v) is 6.26. The SMILES string of the molecule is CN(C)C(CNCc1cccc2c1OCO2)c1cccs1. The Morgan fingerprint density at radius 1 is 1.24 bits per heavy atom. The van der Waals surface area contributed by atoms with Gasteiger partial charge in [0.25, 0.3) is 0 Å². The zero-order chi connectivity index (χ0) is 14.7. The van der Waals surface area contributed by atoms with Crippen molar-refractivity contribution in [3.05, 3.63) is 46.2 Å². The number of ether oxygens (including phenoxy) is 2. The van der Waals surface area contributed by atoms with Crippen LogP contribution >= 0.6 is 11.3 Å². The minimum atomic E-state index is 0.321. The molecule has 0 saturated carbocycles. The summed E-state index contributed by atoms with van der Waals surface area (Å²) in [6.07, 6.45) is 0. The lowest BCUT2D eigenvalue weighted by molar-refractivity contribution is 0.173. The molecule has 0 spiro atoms. The Labute approximate surface area is 129 Å². The summed E-state index contributed by atoms with van der Waals surface area (Å²) in [5, 5.41) is 5.66. The van der Waals surface area contributed by atoms with Gasteiger partial charge >= 0.3 is 0 Å². The predicted octanol–water partition coefficient (Wildman–Crippen LogP) is 2.87. The van der Waals surface area contributed by atoms with E-state index in [0.717, 1.165) is 30.2 Å². The quantitative estimate of drug-likeness (QED) is 0.890. The molecule has 5 heteroatoms. The fourth-order valence-electron chi connectivity index (χ4n) is 2.49. The maximum atomic E-state index is 5.54. The highest BCUT2D eigenvalue weighted by Crippen LogP contribution is 2.35. The van der Waals surface area contributed by atoms with Crippen LogP contribution < -0.4 is 14.8 Å². The molecule has 4 nitrogen and oxygen atoms in total. The summed E-state index contributed by atoms with van der Waals surface area (Å²) >= 11 is 1.80. The Balaban J connectivity index is 1.62. The number of rotatable bonds is 6. The van der Waals surface area contributed by atoms with E-state index in [2.05, 4.69) is 47.9 Å². The zero-order valence-corrected chi connectivity index (χ0v) is 13.2. The van der Waals surface area contributed by atoms with Gasteiger partial charge in [0.15, 0.2) is 11.5 Å². The van der Waals surface area contributed by atoms with Crippen LogP contribution in [0.1, 0.15) is 16.5 Å². The molecule has 1 aromatic heterocycles. The number of benzene rings is 1. The molecule has 0 fully saturated rings. The first-order valence-electron chi connectivity index (χ1n) is 7.03. The maximum absolute atomic E-state index is 5.54. The van der Waals surface area contributed by atoms with Crippen molar-refractivity contribution in [3.8, 4) is 11.5 Å². The standard InChI is InChI=1S/C16H20N2O2S/c1-18(2)13(15-7-4-8-21-15)10-17-9-12-5-3-6-14-16(12)20-11-19-14/h3-8,13,17H,9-11H2,1-2H3. The van der Waals surface area contributed by atoms with E-state index >= 15 is 0 Å². The van der Waals surface area contributed by atoms with E-state index in [4.69, 9.17) is 9.47 Å². The van der Waals surface area contributed by atoms with E-state index in [9.17, 15) is 0 Å². The Kier molecular flexibility index (Phi) is 4.43. The number of hydrogen-bond acceptors (Lipinski definition) is 5. The normalized spacial score (nSPS) is 14.6. The molecular weight excluding hydrogens is 284 g/mol. The molecule has 0 saturated heterocycles. The molecule has 3 rings (SSSR count). The van der Waals surface area contributed by atoms with E-state index in [1.54, 1.807) is 11.3 Å². The molecule has 0 radical (unpaired) electrons. The van der Waals surface area contributed by atoms with Gasteiger partial charge in [-0.05, 0) is 31.6 Å². The Morgan fingerprint density at radius 3 is 2.90 bits per heavy atom. The first kappa shape index (κ1) is 14.4. The predicted molar refractivity (Wildman–Crippen MR) is 85.0 cm³/mol. The first-order valence-corrected chi connectivity index (χ1v) is 7.91. The molecule has 112 valence electrons. The Bertz CT molecular complexity index is 584. The minimum absolute atomic E-state index is 0.321. The number of thiophene rings is 1. The van der Waals surface area contributed by atoms with E-state index in [0.29, 0.717) is 12.8 Å². The van der Waals surface area contributed by atoms with Crippen molar-refractivity contribution >= 4 is 11.3 Å². The molecule has 1 aliphatic rings. The van der Waals surface area contributed by atoms with Gasteiger partial charge in [-0.25, -0.2) is 0 Å². The fraction of sp³-hybridized carbons (Fsp3) is 0.375. The Hall–Kier alpha value is -1.56.